The molecule has 0 unspecified atom stereocenters. The molecule has 1 heterocycles. The highest BCUT2D eigenvalue weighted by atomic mass is 35.5. The summed E-state index contributed by atoms with van der Waals surface area (Å²) in [6.07, 6.45) is 1.31. The number of carbonyl (C=O) groups excluding carboxylic acids is 2. The second-order valence-electron chi connectivity index (χ2n) is 5.73. The Kier molecular flexibility index (Phi) is 5.78. The molecular formula is C18H15ClF2N2O2S. The molecule has 1 aliphatic rings. The molecular weight excluding hydrogens is 382 g/mol. The third-order valence-electron chi connectivity index (χ3n) is 3.86. The summed E-state index contributed by atoms with van der Waals surface area (Å²) in [7, 11) is 0. The van der Waals surface area contributed by atoms with Crippen molar-refractivity contribution in [2.45, 2.75) is 17.7 Å². The minimum atomic E-state index is -0.950. The minimum Gasteiger partial charge on any atom is -0.325 e. The van der Waals surface area contributed by atoms with Gasteiger partial charge < -0.3 is 10.2 Å². The molecule has 0 bridgehead atoms. The van der Waals surface area contributed by atoms with Crippen LogP contribution >= 0.6 is 23.4 Å². The second kappa shape index (κ2) is 8.05. The van der Waals surface area contributed by atoms with E-state index in [2.05, 4.69) is 5.32 Å². The topological polar surface area (TPSA) is 49.4 Å². The summed E-state index contributed by atoms with van der Waals surface area (Å²) in [5, 5.41) is 3.07. The monoisotopic (exact) mass is 396 g/mol. The first-order chi connectivity index (χ1) is 12.4. The van der Waals surface area contributed by atoms with Gasteiger partial charge in [-0.1, -0.05) is 11.6 Å². The van der Waals surface area contributed by atoms with Crippen molar-refractivity contribution in [3.8, 4) is 0 Å². The summed E-state index contributed by atoms with van der Waals surface area (Å²) in [5.74, 6) is -2.11. The number of anilines is 2. The first-order valence-corrected chi connectivity index (χ1v) is 9.28. The predicted molar refractivity (Wildman–Crippen MR) is 98.8 cm³/mol. The third kappa shape index (κ3) is 4.34. The molecule has 1 saturated heterocycles. The molecule has 3 rings (SSSR count). The molecule has 8 heteroatoms. The molecule has 26 heavy (non-hydrogen) atoms. The number of thioether (sulfide) groups is 1. The molecule has 2 aromatic carbocycles. The van der Waals surface area contributed by atoms with Crippen LogP contribution in [0.15, 0.2) is 41.3 Å². The van der Waals surface area contributed by atoms with Gasteiger partial charge in [0.25, 0.3) is 0 Å². The Morgan fingerprint density at radius 1 is 1.19 bits per heavy atom. The molecule has 1 N–H and O–H groups in total. The van der Waals surface area contributed by atoms with Crippen LogP contribution < -0.4 is 10.2 Å². The number of nitrogens with one attached hydrogen (secondary N) is 1. The Labute approximate surface area is 158 Å². The lowest BCUT2D eigenvalue weighted by molar-refractivity contribution is -0.117. The zero-order chi connectivity index (χ0) is 18.7. The smallest absolute Gasteiger partial charge is 0.234 e. The van der Waals surface area contributed by atoms with Crippen LogP contribution in [-0.4, -0.2) is 24.1 Å². The molecule has 2 amide bonds. The average Bonchev–Trinajstić information content (AvgIpc) is 3.02. The molecule has 4 nitrogen and oxygen atoms in total. The van der Waals surface area contributed by atoms with E-state index in [0.29, 0.717) is 34.3 Å². The molecule has 2 aromatic rings. The van der Waals surface area contributed by atoms with Gasteiger partial charge in [-0.3, -0.25) is 9.59 Å². The lowest BCUT2D eigenvalue weighted by atomic mass is 10.2. The number of carbonyl (C=O) groups is 2. The molecule has 136 valence electrons. The van der Waals surface area contributed by atoms with Crippen molar-refractivity contribution < 1.29 is 18.4 Å². The zero-order valence-electron chi connectivity index (χ0n) is 13.6. The Morgan fingerprint density at radius 3 is 2.65 bits per heavy atom. The summed E-state index contributed by atoms with van der Waals surface area (Å²) < 4.78 is 26.0. The maximum Gasteiger partial charge on any atom is 0.234 e. The van der Waals surface area contributed by atoms with Crippen molar-refractivity contribution >= 4 is 46.6 Å². The number of hydrogen-bond acceptors (Lipinski definition) is 3. The van der Waals surface area contributed by atoms with Crippen LogP contribution in [0.1, 0.15) is 12.8 Å². The molecule has 1 aliphatic heterocycles. The Bertz CT molecular complexity index is 863. The van der Waals surface area contributed by atoms with Crippen molar-refractivity contribution in [3.63, 3.8) is 0 Å². The fourth-order valence-corrected chi connectivity index (χ4v) is 3.62. The van der Waals surface area contributed by atoms with Crippen LogP contribution in [0.25, 0.3) is 0 Å². The van der Waals surface area contributed by atoms with Gasteiger partial charge in [0.15, 0.2) is 11.6 Å². The Morgan fingerprint density at radius 2 is 2.00 bits per heavy atom. The Balaban J connectivity index is 1.59. The number of rotatable bonds is 5. The van der Waals surface area contributed by atoms with E-state index in [1.807, 2.05) is 0 Å². The van der Waals surface area contributed by atoms with Gasteiger partial charge in [0.05, 0.1) is 16.5 Å². The largest absolute Gasteiger partial charge is 0.325 e. The highest BCUT2D eigenvalue weighted by Gasteiger charge is 2.23. The lowest BCUT2D eigenvalue weighted by Gasteiger charge is -2.18. The van der Waals surface area contributed by atoms with Gasteiger partial charge in [-0.25, -0.2) is 8.78 Å². The number of amides is 2. The van der Waals surface area contributed by atoms with E-state index in [4.69, 9.17) is 11.6 Å². The van der Waals surface area contributed by atoms with E-state index in [1.54, 1.807) is 23.1 Å². The number of hydrogen-bond donors (Lipinski definition) is 1. The van der Waals surface area contributed by atoms with Crippen molar-refractivity contribution in [2.24, 2.45) is 0 Å². The maximum absolute atomic E-state index is 13.2. The minimum absolute atomic E-state index is 0.0339. The van der Waals surface area contributed by atoms with Gasteiger partial charge in [-0.05, 0) is 42.8 Å². The summed E-state index contributed by atoms with van der Waals surface area (Å²) in [6, 6.07) is 8.44. The maximum atomic E-state index is 13.2. The first kappa shape index (κ1) is 18.7. The average molecular weight is 397 g/mol. The highest BCUT2D eigenvalue weighted by molar-refractivity contribution is 8.00. The molecule has 0 aromatic heterocycles. The number of benzene rings is 2. The van der Waals surface area contributed by atoms with Crippen LogP contribution in [0, 0.1) is 11.6 Å². The van der Waals surface area contributed by atoms with E-state index in [9.17, 15) is 18.4 Å². The van der Waals surface area contributed by atoms with E-state index in [1.165, 1.54) is 6.07 Å². The van der Waals surface area contributed by atoms with Gasteiger partial charge in [0, 0.05) is 23.5 Å². The summed E-state index contributed by atoms with van der Waals surface area (Å²) >= 11 is 7.33. The molecule has 0 aliphatic carbocycles. The normalized spacial score (nSPS) is 14.0. The summed E-state index contributed by atoms with van der Waals surface area (Å²) in [5.41, 5.74) is 1.13. The summed E-state index contributed by atoms with van der Waals surface area (Å²) in [6.45, 7) is 0.634. The quantitative estimate of drug-likeness (QED) is 0.758. The lowest BCUT2D eigenvalue weighted by Crippen LogP contribution is -2.24. The number of halogens is 3. The van der Waals surface area contributed by atoms with Gasteiger partial charge in [0.1, 0.15) is 0 Å². The molecule has 0 radical (unpaired) electrons. The van der Waals surface area contributed by atoms with Crippen LogP contribution in [0.2, 0.25) is 5.02 Å². The van der Waals surface area contributed by atoms with Crippen molar-refractivity contribution in [1.29, 1.82) is 0 Å². The molecule has 0 spiro atoms. The molecule has 1 fully saturated rings. The predicted octanol–water partition coefficient (Wildman–Crippen LogP) is 4.48. The first-order valence-electron chi connectivity index (χ1n) is 7.91. The Hall–Kier alpha value is -2.12. The van der Waals surface area contributed by atoms with Crippen LogP contribution in [0.4, 0.5) is 20.2 Å². The van der Waals surface area contributed by atoms with Gasteiger partial charge in [0.2, 0.25) is 11.8 Å². The van der Waals surface area contributed by atoms with Crippen LogP contribution in [0.5, 0.6) is 0 Å². The number of nitrogens with zero attached hydrogens (tertiary/aromatic N) is 1. The van der Waals surface area contributed by atoms with Gasteiger partial charge in [-0.2, -0.15) is 0 Å². The van der Waals surface area contributed by atoms with Crippen LogP contribution in [0.3, 0.4) is 0 Å². The third-order valence-corrected chi connectivity index (χ3v) is 5.15. The highest BCUT2D eigenvalue weighted by Crippen LogP contribution is 2.31. The van der Waals surface area contributed by atoms with Crippen molar-refractivity contribution in [2.75, 3.05) is 22.5 Å². The van der Waals surface area contributed by atoms with E-state index < -0.39 is 11.6 Å². The van der Waals surface area contributed by atoms with Gasteiger partial charge in [-0.15, -0.1) is 11.8 Å². The molecule has 0 atom stereocenters. The van der Waals surface area contributed by atoms with Crippen molar-refractivity contribution in [3.05, 3.63) is 53.1 Å². The van der Waals surface area contributed by atoms with Crippen molar-refractivity contribution in [1.82, 2.24) is 0 Å². The van der Waals surface area contributed by atoms with E-state index in [-0.39, 0.29) is 17.6 Å². The fraction of sp³-hybridized carbons (Fsp3) is 0.222. The van der Waals surface area contributed by atoms with E-state index in [0.717, 1.165) is 30.3 Å². The summed E-state index contributed by atoms with van der Waals surface area (Å²) in [4.78, 5) is 25.9. The second-order valence-corrected chi connectivity index (χ2v) is 7.18. The molecule has 0 saturated carbocycles. The van der Waals surface area contributed by atoms with Crippen LogP contribution in [-0.2, 0) is 9.59 Å². The zero-order valence-corrected chi connectivity index (χ0v) is 15.2. The fourth-order valence-electron chi connectivity index (χ4n) is 2.62. The van der Waals surface area contributed by atoms with E-state index >= 15 is 0 Å². The SMILES string of the molecule is O=C(CSc1ccc(F)c(F)c1)Nc1ccc(N2CCCC2=O)c(Cl)c1. The van der Waals surface area contributed by atoms with Gasteiger partial charge >= 0.3 is 0 Å². The standard InChI is InChI=1S/C18H15ClF2N2O2S/c19-13-8-11(3-6-16(13)23-7-1-2-18(23)25)22-17(24)10-26-12-4-5-14(20)15(21)9-12/h3-6,8-9H,1-2,7,10H2,(H,22,24).